The Labute approximate surface area is 184 Å². The Morgan fingerprint density at radius 3 is 2.87 bits per heavy atom. The highest BCUT2D eigenvalue weighted by molar-refractivity contribution is 7.20. The number of nitrogens with one attached hydrogen (secondary N) is 2. The first-order valence-corrected chi connectivity index (χ1v) is 10.6. The summed E-state index contributed by atoms with van der Waals surface area (Å²) >= 11 is 7.67. The molecule has 1 amide bonds. The lowest BCUT2D eigenvalue weighted by molar-refractivity contribution is 0.0508. The van der Waals surface area contributed by atoms with E-state index in [1.165, 1.54) is 11.3 Å². The number of aromatic nitrogens is 1. The molecule has 0 saturated heterocycles. The number of pyridine rings is 1. The van der Waals surface area contributed by atoms with Gasteiger partial charge in [-0.25, -0.2) is 9.78 Å². The Hall–Kier alpha value is -2.76. The summed E-state index contributed by atoms with van der Waals surface area (Å²) < 4.78 is 11.5. The van der Waals surface area contributed by atoms with E-state index >= 15 is 0 Å². The van der Waals surface area contributed by atoms with Crippen molar-refractivity contribution in [3.63, 3.8) is 0 Å². The van der Waals surface area contributed by atoms with Gasteiger partial charge in [-0.2, -0.15) is 5.26 Å². The van der Waals surface area contributed by atoms with Crippen LogP contribution in [0.25, 0.3) is 10.2 Å². The molecule has 0 aromatic carbocycles. The molecule has 7 nitrogen and oxygen atoms in total. The minimum absolute atomic E-state index is 0.227. The monoisotopic (exact) mass is 446 g/mol. The largest absolute Gasteiger partial charge is 0.467 e. The van der Waals surface area contributed by atoms with Gasteiger partial charge in [-0.05, 0) is 39.8 Å². The maximum Gasteiger partial charge on any atom is 0.407 e. The number of hydrogen-bond acceptors (Lipinski definition) is 7. The first kappa shape index (κ1) is 21.9. The molecule has 3 aromatic rings. The Balaban J connectivity index is 1.83. The zero-order valence-electron chi connectivity index (χ0n) is 17.2. The molecule has 0 aliphatic rings. The SMILES string of the molecule is C[C@@H](Cc1sc2c(NCc3ccco3)cc(Cl)nc2c1C#N)NC(=O)OC(C)(C)C. The number of ether oxygens (including phenoxy) is 1. The standard InChI is InChI=1S/C21H23ClN4O3S/c1-12(25-20(27)29-21(2,3)4)8-16-14(10-23)18-19(30-16)15(9-17(22)26-18)24-11-13-6-5-7-28-13/h5-7,9,12H,8,11H2,1-4H3,(H,24,26)(H,25,27)/t12-/m0/s1. The maximum absolute atomic E-state index is 12.0. The quantitative estimate of drug-likeness (QED) is 0.486. The van der Waals surface area contributed by atoms with Gasteiger partial charge in [0.05, 0.1) is 28.8 Å². The van der Waals surface area contributed by atoms with Crippen molar-refractivity contribution in [2.75, 3.05) is 5.32 Å². The van der Waals surface area contributed by atoms with E-state index in [4.69, 9.17) is 20.8 Å². The van der Waals surface area contributed by atoms with Crippen LogP contribution in [0.15, 0.2) is 28.9 Å². The van der Waals surface area contributed by atoms with Crippen LogP contribution in [0, 0.1) is 11.3 Å². The zero-order chi connectivity index (χ0) is 21.9. The van der Waals surface area contributed by atoms with Crippen LogP contribution >= 0.6 is 22.9 Å². The van der Waals surface area contributed by atoms with Crippen molar-refractivity contribution in [3.05, 3.63) is 45.8 Å². The van der Waals surface area contributed by atoms with Crippen molar-refractivity contribution in [1.29, 1.82) is 5.26 Å². The second-order valence-corrected chi connectivity index (χ2v) is 9.36. The topological polar surface area (TPSA) is 100 Å². The number of carbonyl (C=O) groups is 1. The minimum atomic E-state index is -0.575. The van der Waals surface area contributed by atoms with Crippen molar-refractivity contribution < 1.29 is 13.9 Å². The molecule has 158 valence electrons. The first-order chi connectivity index (χ1) is 14.2. The lowest BCUT2D eigenvalue weighted by Gasteiger charge is -2.21. The number of nitriles is 1. The van der Waals surface area contributed by atoms with Crippen LogP contribution in [0.2, 0.25) is 5.15 Å². The van der Waals surface area contributed by atoms with Gasteiger partial charge in [0, 0.05) is 23.4 Å². The van der Waals surface area contributed by atoms with E-state index < -0.39 is 11.7 Å². The summed E-state index contributed by atoms with van der Waals surface area (Å²) in [4.78, 5) is 17.2. The summed E-state index contributed by atoms with van der Waals surface area (Å²) in [6.45, 7) is 7.77. The molecule has 9 heteroatoms. The van der Waals surface area contributed by atoms with Crippen LogP contribution in [0.3, 0.4) is 0 Å². The van der Waals surface area contributed by atoms with Gasteiger partial charge in [-0.3, -0.25) is 0 Å². The average molecular weight is 447 g/mol. The second-order valence-electron chi connectivity index (χ2n) is 7.87. The Bertz CT molecular complexity index is 1080. The van der Waals surface area contributed by atoms with E-state index in [2.05, 4.69) is 21.7 Å². The Kier molecular flexibility index (Phi) is 6.54. The number of carbonyl (C=O) groups excluding carboxylic acids is 1. The summed E-state index contributed by atoms with van der Waals surface area (Å²) in [6.07, 6.45) is 1.59. The minimum Gasteiger partial charge on any atom is -0.467 e. The Morgan fingerprint density at radius 1 is 1.47 bits per heavy atom. The molecule has 0 aliphatic heterocycles. The lowest BCUT2D eigenvalue weighted by atomic mass is 10.1. The molecule has 0 spiro atoms. The van der Waals surface area contributed by atoms with Crippen molar-refractivity contribution in [2.45, 2.75) is 52.3 Å². The van der Waals surface area contributed by atoms with Gasteiger partial charge in [0.15, 0.2) is 0 Å². The fourth-order valence-electron chi connectivity index (χ4n) is 2.90. The average Bonchev–Trinajstić information content (AvgIpc) is 3.25. The first-order valence-electron chi connectivity index (χ1n) is 9.44. The number of nitrogens with zero attached hydrogens (tertiary/aromatic N) is 2. The second kappa shape index (κ2) is 8.94. The predicted octanol–water partition coefficient (Wildman–Crippen LogP) is 5.48. The molecule has 0 unspecified atom stereocenters. The number of rotatable bonds is 6. The molecule has 0 radical (unpaired) electrons. The van der Waals surface area contributed by atoms with E-state index in [9.17, 15) is 10.1 Å². The third-order valence-electron chi connectivity index (χ3n) is 4.08. The van der Waals surface area contributed by atoms with Crippen molar-refractivity contribution >= 4 is 44.9 Å². The maximum atomic E-state index is 12.0. The molecule has 0 fully saturated rings. The number of hydrogen-bond donors (Lipinski definition) is 2. The predicted molar refractivity (Wildman–Crippen MR) is 118 cm³/mol. The molecule has 30 heavy (non-hydrogen) atoms. The summed E-state index contributed by atoms with van der Waals surface area (Å²) in [7, 11) is 0. The molecular formula is C21H23ClN4O3S. The molecule has 3 aromatic heterocycles. The van der Waals surface area contributed by atoms with Gasteiger partial charge in [0.25, 0.3) is 0 Å². The van der Waals surface area contributed by atoms with Crippen LogP contribution < -0.4 is 10.6 Å². The third kappa shape index (κ3) is 5.43. The fourth-order valence-corrected chi connectivity index (χ4v) is 4.41. The van der Waals surface area contributed by atoms with E-state index in [0.717, 1.165) is 21.0 Å². The number of amides is 1. The number of fused-ring (bicyclic) bond motifs is 1. The van der Waals surface area contributed by atoms with E-state index in [1.807, 2.05) is 39.8 Å². The van der Waals surface area contributed by atoms with Crippen molar-refractivity contribution in [3.8, 4) is 6.07 Å². The molecule has 0 aliphatic carbocycles. The van der Waals surface area contributed by atoms with Crippen LogP contribution in [-0.2, 0) is 17.7 Å². The fraction of sp³-hybridized carbons (Fsp3) is 0.381. The van der Waals surface area contributed by atoms with E-state index in [1.54, 1.807) is 12.3 Å². The number of halogens is 1. The van der Waals surface area contributed by atoms with Crippen molar-refractivity contribution in [2.24, 2.45) is 0 Å². The van der Waals surface area contributed by atoms with Crippen LogP contribution in [0.5, 0.6) is 0 Å². The summed E-state index contributed by atoms with van der Waals surface area (Å²) in [5, 5.41) is 16.1. The summed E-state index contributed by atoms with van der Waals surface area (Å²) in [5.74, 6) is 0.781. The molecule has 1 atom stereocenters. The van der Waals surface area contributed by atoms with Gasteiger partial charge >= 0.3 is 6.09 Å². The summed E-state index contributed by atoms with van der Waals surface area (Å²) in [5.41, 5.74) is 1.23. The number of alkyl carbamates (subject to hydrolysis) is 1. The van der Waals surface area contributed by atoms with E-state index in [0.29, 0.717) is 29.2 Å². The molecule has 0 bridgehead atoms. The van der Waals surface area contributed by atoms with E-state index in [-0.39, 0.29) is 6.04 Å². The third-order valence-corrected chi connectivity index (χ3v) is 5.51. The summed E-state index contributed by atoms with van der Waals surface area (Å²) in [6, 6.07) is 7.44. The highest BCUT2D eigenvalue weighted by atomic mass is 35.5. The number of thiophene rings is 1. The van der Waals surface area contributed by atoms with Crippen LogP contribution in [0.1, 0.15) is 43.9 Å². The normalized spacial score (nSPS) is 12.4. The Morgan fingerprint density at radius 2 is 2.23 bits per heavy atom. The van der Waals surface area contributed by atoms with Gasteiger partial charge in [-0.1, -0.05) is 11.6 Å². The van der Waals surface area contributed by atoms with Gasteiger partial charge < -0.3 is 19.8 Å². The zero-order valence-corrected chi connectivity index (χ0v) is 18.8. The smallest absolute Gasteiger partial charge is 0.407 e. The molecule has 0 saturated carbocycles. The molecular weight excluding hydrogens is 424 g/mol. The number of anilines is 1. The number of furan rings is 1. The lowest BCUT2D eigenvalue weighted by Crippen LogP contribution is -2.38. The van der Waals surface area contributed by atoms with Crippen LogP contribution in [-0.4, -0.2) is 22.7 Å². The van der Waals surface area contributed by atoms with Crippen molar-refractivity contribution in [1.82, 2.24) is 10.3 Å². The molecule has 2 N–H and O–H groups in total. The van der Waals surface area contributed by atoms with Gasteiger partial charge in [0.2, 0.25) is 0 Å². The van der Waals surface area contributed by atoms with Gasteiger partial charge in [0.1, 0.15) is 28.1 Å². The molecule has 3 heterocycles. The van der Waals surface area contributed by atoms with Gasteiger partial charge in [-0.15, -0.1) is 11.3 Å². The van der Waals surface area contributed by atoms with Crippen LogP contribution in [0.4, 0.5) is 10.5 Å². The molecule has 3 rings (SSSR count). The highest BCUT2D eigenvalue weighted by Gasteiger charge is 2.22. The highest BCUT2D eigenvalue weighted by Crippen LogP contribution is 2.37.